The Kier molecular flexibility index (Phi) is 6.83. The van der Waals surface area contributed by atoms with Crippen LogP contribution in [0.25, 0.3) is 106 Å². The fourth-order valence-corrected chi connectivity index (χ4v) is 8.79. The van der Waals surface area contributed by atoms with Crippen LogP contribution in [-0.4, -0.2) is 28.7 Å². The quantitative estimate of drug-likeness (QED) is 0.177. The number of rotatable bonds is 5. The molecule has 0 aliphatic rings. The lowest BCUT2D eigenvalue weighted by Gasteiger charge is -2.12. The predicted octanol–water partition coefficient (Wildman–Crippen LogP) is 12.5. The van der Waals surface area contributed by atoms with Crippen LogP contribution in [0.5, 0.6) is 0 Å². The molecule has 0 fully saturated rings. The average Bonchev–Trinajstić information content (AvgIpc) is 3.92. The molecule has 266 valence electrons. The Balaban J connectivity index is 1.07. The zero-order valence-corrected chi connectivity index (χ0v) is 30.7. The summed E-state index contributed by atoms with van der Waals surface area (Å²) in [7, 11) is 0. The SMILES string of the molecule is c1ccc(-c2nc(-c3ccccc3)nc(-n3c4ccccc4c4cc(-n5c6ccccc6c6cc(-n7c8ccccc8c8ccccc87)ccc65)ccc43)n2)cc1. The van der Waals surface area contributed by atoms with Crippen molar-refractivity contribution < 1.29 is 0 Å². The van der Waals surface area contributed by atoms with E-state index in [1.165, 1.54) is 32.6 Å². The first-order valence-electron chi connectivity index (χ1n) is 19.2. The number of aromatic nitrogens is 6. The largest absolute Gasteiger partial charge is 0.309 e. The number of hydrogen-bond donors (Lipinski definition) is 0. The molecule has 6 nitrogen and oxygen atoms in total. The van der Waals surface area contributed by atoms with E-state index >= 15 is 0 Å². The van der Waals surface area contributed by atoms with Gasteiger partial charge < -0.3 is 9.13 Å². The molecule has 0 aliphatic heterocycles. The van der Waals surface area contributed by atoms with Crippen LogP contribution in [0.4, 0.5) is 0 Å². The molecular formula is C51H32N6. The van der Waals surface area contributed by atoms with Gasteiger partial charge in [0, 0.05) is 54.8 Å². The van der Waals surface area contributed by atoms with Gasteiger partial charge in [-0.25, -0.2) is 4.98 Å². The minimum atomic E-state index is 0.580. The van der Waals surface area contributed by atoms with Crippen molar-refractivity contribution in [3.63, 3.8) is 0 Å². The summed E-state index contributed by atoms with van der Waals surface area (Å²) in [6, 6.07) is 68.6. The van der Waals surface area contributed by atoms with Crippen LogP contribution in [0.15, 0.2) is 194 Å². The van der Waals surface area contributed by atoms with Crippen LogP contribution >= 0.6 is 0 Å². The van der Waals surface area contributed by atoms with E-state index in [4.69, 9.17) is 15.0 Å². The lowest BCUT2D eigenvalue weighted by Crippen LogP contribution is -2.06. The van der Waals surface area contributed by atoms with Gasteiger partial charge in [0.1, 0.15) is 0 Å². The lowest BCUT2D eigenvalue weighted by molar-refractivity contribution is 0.953. The maximum Gasteiger partial charge on any atom is 0.238 e. The summed E-state index contributed by atoms with van der Waals surface area (Å²) in [6.07, 6.45) is 0. The Morgan fingerprint density at radius 3 is 1.04 bits per heavy atom. The Morgan fingerprint density at radius 2 is 0.596 bits per heavy atom. The Labute approximate surface area is 327 Å². The van der Waals surface area contributed by atoms with Crippen LogP contribution < -0.4 is 0 Å². The van der Waals surface area contributed by atoms with Crippen molar-refractivity contribution in [2.24, 2.45) is 0 Å². The van der Waals surface area contributed by atoms with Gasteiger partial charge in [-0.05, 0) is 60.7 Å². The highest BCUT2D eigenvalue weighted by molar-refractivity contribution is 6.13. The van der Waals surface area contributed by atoms with E-state index in [0.717, 1.165) is 55.3 Å². The fraction of sp³-hybridized carbons (Fsp3) is 0. The van der Waals surface area contributed by atoms with Crippen LogP contribution in [0.3, 0.4) is 0 Å². The molecule has 57 heavy (non-hydrogen) atoms. The van der Waals surface area contributed by atoms with Crippen molar-refractivity contribution in [3.05, 3.63) is 194 Å². The molecule has 6 heteroatoms. The molecule has 0 atom stereocenters. The highest BCUT2D eigenvalue weighted by Gasteiger charge is 2.20. The third-order valence-electron chi connectivity index (χ3n) is 11.3. The number of para-hydroxylation sites is 4. The van der Waals surface area contributed by atoms with Gasteiger partial charge in [0.05, 0.1) is 33.1 Å². The monoisotopic (exact) mass is 728 g/mol. The molecule has 0 amide bonds. The first-order chi connectivity index (χ1) is 28.3. The Bertz CT molecular complexity index is 3410. The maximum absolute atomic E-state index is 5.13. The van der Waals surface area contributed by atoms with Crippen molar-refractivity contribution in [1.29, 1.82) is 0 Å². The molecule has 0 aliphatic carbocycles. The number of fused-ring (bicyclic) bond motifs is 9. The van der Waals surface area contributed by atoms with Gasteiger partial charge in [0.25, 0.3) is 0 Å². The number of hydrogen-bond acceptors (Lipinski definition) is 3. The summed E-state index contributed by atoms with van der Waals surface area (Å²) >= 11 is 0. The van der Waals surface area contributed by atoms with E-state index in [2.05, 4.69) is 147 Å². The molecule has 4 aromatic heterocycles. The van der Waals surface area contributed by atoms with E-state index in [-0.39, 0.29) is 0 Å². The number of benzene rings is 8. The molecule has 0 saturated heterocycles. The molecule has 0 N–H and O–H groups in total. The molecule has 4 heterocycles. The van der Waals surface area contributed by atoms with Crippen LogP contribution in [0.2, 0.25) is 0 Å². The summed E-state index contributed by atoms with van der Waals surface area (Å²) in [4.78, 5) is 15.2. The fourth-order valence-electron chi connectivity index (χ4n) is 8.79. The molecule has 0 unspecified atom stereocenters. The van der Waals surface area contributed by atoms with Gasteiger partial charge in [0.15, 0.2) is 11.6 Å². The second kappa shape index (κ2) is 12.3. The molecule has 12 rings (SSSR count). The first-order valence-corrected chi connectivity index (χ1v) is 19.2. The summed E-state index contributed by atoms with van der Waals surface area (Å²) in [5, 5.41) is 7.19. The van der Waals surface area contributed by atoms with E-state index < -0.39 is 0 Å². The second-order valence-electron chi connectivity index (χ2n) is 14.5. The normalized spacial score (nSPS) is 11.9. The van der Waals surface area contributed by atoms with Gasteiger partial charge in [-0.1, -0.05) is 133 Å². The zero-order valence-electron chi connectivity index (χ0n) is 30.7. The summed E-state index contributed by atoms with van der Waals surface area (Å²) in [5.41, 5.74) is 10.9. The van der Waals surface area contributed by atoms with Gasteiger partial charge in [-0.2, -0.15) is 9.97 Å². The standard InChI is InChI=1S/C51H32N6/c1-3-15-33(16-4-1)49-52-50(34-17-5-2-6-18-34)54-51(53-49)57-46-26-14-10-22-40(46)42-32-36(28-30-48(42)57)56-45-25-13-9-21-39(45)41-31-35(27-29-47(41)56)55-43-23-11-7-19-37(43)38-20-8-12-24-44(38)55/h1-32H. The highest BCUT2D eigenvalue weighted by Crippen LogP contribution is 2.39. The van der Waals surface area contributed by atoms with E-state index in [9.17, 15) is 0 Å². The maximum atomic E-state index is 5.13. The van der Waals surface area contributed by atoms with Crippen molar-refractivity contribution >= 4 is 65.4 Å². The molecule has 0 bridgehead atoms. The third kappa shape index (κ3) is 4.81. The van der Waals surface area contributed by atoms with Crippen molar-refractivity contribution in [1.82, 2.24) is 28.7 Å². The number of nitrogens with zero attached hydrogens (tertiary/aromatic N) is 6. The lowest BCUT2D eigenvalue weighted by atomic mass is 10.1. The first kappa shape index (κ1) is 31.5. The second-order valence-corrected chi connectivity index (χ2v) is 14.5. The van der Waals surface area contributed by atoms with E-state index in [1.54, 1.807) is 0 Å². The van der Waals surface area contributed by atoms with E-state index in [1.807, 2.05) is 60.7 Å². The Morgan fingerprint density at radius 1 is 0.263 bits per heavy atom. The van der Waals surface area contributed by atoms with Gasteiger partial charge >= 0.3 is 0 Å². The van der Waals surface area contributed by atoms with Crippen LogP contribution in [-0.2, 0) is 0 Å². The van der Waals surface area contributed by atoms with Crippen molar-refractivity contribution in [3.8, 4) is 40.1 Å². The van der Waals surface area contributed by atoms with Gasteiger partial charge in [0.2, 0.25) is 5.95 Å². The predicted molar refractivity (Wildman–Crippen MR) is 234 cm³/mol. The van der Waals surface area contributed by atoms with Crippen LogP contribution in [0, 0.1) is 0 Å². The Hall–Kier alpha value is -7.83. The van der Waals surface area contributed by atoms with Crippen LogP contribution in [0.1, 0.15) is 0 Å². The molecule has 12 aromatic rings. The zero-order chi connectivity index (χ0) is 37.5. The topological polar surface area (TPSA) is 53.5 Å². The van der Waals surface area contributed by atoms with Gasteiger partial charge in [-0.15, -0.1) is 0 Å². The third-order valence-corrected chi connectivity index (χ3v) is 11.3. The summed E-state index contributed by atoms with van der Waals surface area (Å²) < 4.78 is 6.97. The minimum Gasteiger partial charge on any atom is -0.309 e. The molecular weight excluding hydrogens is 697 g/mol. The molecule has 8 aromatic carbocycles. The summed E-state index contributed by atoms with van der Waals surface area (Å²) in [6.45, 7) is 0. The van der Waals surface area contributed by atoms with Crippen molar-refractivity contribution in [2.75, 3.05) is 0 Å². The minimum absolute atomic E-state index is 0.580. The average molecular weight is 729 g/mol. The van der Waals surface area contributed by atoms with Crippen molar-refractivity contribution in [2.45, 2.75) is 0 Å². The van der Waals surface area contributed by atoms with Gasteiger partial charge in [-0.3, -0.25) is 4.57 Å². The summed E-state index contributed by atoms with van der Waals surface area (Å²) in [5.74, 6) is 1.84. The molecule has 0 saturated carbocycles. The highest BCUT2D eigenvalue weighted by atomic mass is 15.2. The molecule has 0 radical (unpaired) electrons. The molecule has 0 spiro atoms. The van der Waals surface area contributed by atoms with E-state index in [0.29, 0.717) is 17.6 Å². The smallest absolute Gasteiger partial charge is 0.238 e.